The molecule has 2 unspecified atom stereocenters. The molecule has 0 aromatic carbocycles. The van der Waals surface area contributed by atoms with E-state index in [1.165, 1.54) is 257 Å². The van der Waals surface area contributed by atoms with Gasteiger partial charge in [0, 0.05) is 12.8 Å². The molecule has 0 rings (SSSR count). The molecule has 63 heavy (non-hydrogen) atoms. The van der Waals surface area contributed by atoms with E-state index in [2.05, 4.69) is 19.2 Å². The van der Waals surface area contributed by atoms with Gasteiger partial charge in [0.25, 0.3) is 0 Å². The number of hydrogen-bond donors (Lipinski definition) is 3. The van der Waals surface area contributed by atoms with Crippen molar-refractivity contribution in [2.45, 2.75) is 341 Å². The number of nitrogens with one attached hydrogen (secondary N) is 1. The molecule has 0 heterocycles. The Hall–Kier alpha value is -1.14. The molecule has 0 bridgehead atoms. The van der Waals surface area contributed by atoms with E-state index in [9.17, 15) is 19.8 Å². The quantitative estimate of drug-likeness (QED) is 0.0418. The monoisotopic (exact) mass is 892 g/mol. The van der Waals surface area contributed by atoms with Gasteiger partial charge in [-0.1, -0.05) is 290 Å². The molecule has 2 atom stereocenters. The van der Waals surface area contributed by atoms with Crippen LogP contribution in [0.2, 0.25) is 0 Å². The predicted molar refractivity (Wildman–Crippen MR) is 274 cm³/mol. The molecule has 376 valence electrons. The van der Waals surface area contributed by atoms with E-state index in [0.29, 0.717) is 25.9 Å². The van der Waals surface area contributed by atoms with Crippen LogP contribution in [0, 0.1) is 0 Å². The van der Waals surface area contributed by atoms with E-state index in [1.807, 2.05) is 0 Å². The fourth-order valence-electron chi connectivity index (χ4n) is 9.23. The average molecular weight is 893 g/mol. The van der Waals surface area contributed by atoms with E-state index < -0.39 is 12.1 Å². The fourth-order valence-corrected chi connectivity index (χ4v) is 9.23. The number of esters is 1. The summed E-state index contributed by atoms with van der Waals surface area (Å²) in [5.41, 5.74) is 0. The highest BCUT2D eigenvalue weighted by Gasteiger charge is 2.20. The third-order valence-electron chi connectivity index (χ3n) is 13.7. The van der Waals surface area contributed by atoms with Gasteiger partial charge in [-0.15, -0.1) is 0 Å². The number of amides is 1. The van der Waals surface area contributed by atoms with Crippen molar-refractivity contribution in [2.75, 3.05) is 13.2 Å². The highest BCUT2D eigenvalue weighted by atomic mass is 16.5. The maximum absolute atomic E-state index is 12.4. The molecule has 0 aromatic rings. The Morgan fingerprint density at radius 2 is 0.651 bits per heavy atom. The summed E-state index contributed by atoms with van der Waals surface area (Å²) in [6.07, 6.45) is 61.1. The van der Waals surface area contributed by atoms with Crippen LogP contribution in [-0.4, -0.2) is 47.4 Å². The van der Waals surface area contributed by atoms with E-state index in [0.717, 1.165) is 38.5 Å². The van der Waals surface area contributed by atoms with Crippen molar-refractivity contribution in [1.82, 2.24) is 5.32 Å². The zero-order valence-electron chi connectivity index (χ0n) is 42.8. The smallest absolute Gasteiger partial charge is 0.305 e. The van der Waals surface area contributed by atoms with Crippen molar-refractivity contribution in [3.8, 4) is 0 Å². The Balaban J connectivity index is 3.32. The summed E-state index contributed by atoms with van der Waals surface area (Å²) < 4.78 is 5.49. The van der Waals surface area contributed by atoms with Gasteiger partial charge in [0.15, 0.2) is 0 Å². The fraction of sp³-hybridized carbons (Fsp3) is 0.965. The first-order valence-electron chi connectivity index (χ1n) is 28.8. The maximum Gasteiger partial charge on any atom is 0.305 e. The van der Waals surface area contributed by atoms with Gasteiger partial charge >= 0.3 is 5.97 Å². The Morgan fingerprint density at radius 3 is 0.968 bits per heavy atom. The minimum atomic E-state index is -0.661. The van der Waals surface area contributed by atoms with Crippen molar-refractivity contribution in [2.24, 2.45) is 0 Å². The van der Waals surface area contributed by atoms with Crippen LogP contribution in [0.15, 0.2) is 0 Å². The van der Waals surface area contributed by atoms with Crippen LogP contribution >= 0.6 is 0 Å². The zero-order chi connectivity index (χ0) is 45.8. The Morgan fingerprint density at radius 1 is 0.381 bits per heavy atom. The van der Waals surface area contributed by atoms with Crippen LogP contribution in [-0.2, 0) is 14.3 Å². The molecule has 0 fully saturated rings. The Bertz CT molecular complexity index is 898. The van der Waals surface area contributed by atoms with Crippen LogP contribution < -0.4 is 5.32 Å². The summed E-state index contributed by atoms with van der Waals surface area (Å²) in [6, 6.07) is -0.538. The lowest BCUT2D eigenvalue weighted by molar-refractivity contribution is -0.143. The van der Waals surface area contributed by atoms with E-state index in [4.69, 9.17) is 4.74 Å². The third kappa shape index (κ3) is 50.1. The zero-order valence-corrected chi connectivity index (χ0v) is 42.8. The van der Waals surface area contributed by atoms with Crippen molar-refractivity contribution in [3.05, 3.63) is 0 Å². The van der Waals surface area contributed by atoms with Crippen LogP contribution in [0.1, 0.15) is 328 Å². The first kappa shape index (κ1) is 61.9. The first-order valence-corrected chi connectivity index (χ1v) is 28.8. The number of aliphatic hydroxyl groups is 2. The summed E-state index contributed by atoms with van der Waals surface area (Å²) in [5.74, 6) is -0.0207. The van der Waals surface area contributed by atoms with Crippen molar-refractivity contribution < 1.29 is 24.5 Å². The number of carbonyl (C=O) groups excluding carboxylic acids is 2. The highest BCUT2D eigenvalue weighted by molar-refractivity contribution is 5.76. The van der Waals surface area contributed by atoms with Gasteiger partial charge in [0.1, 0.15) is 0 Å². The van der Waals surface area contributed by atoms with Gasteiger partial charge in [-0.05, 0) is 25.7 Å². The van der Waals surface area contributed by atoms with Crippen LogP contribution in [0.5, 0.6) is 0 Å². The number of unbranched alkanes of at least 4 members (excludes halogenated alkanes) is 43. The van der Waals surface area contributed by atoms with Crippen molar-refractivity contribution in [1.29, 1.82) is 0 Å². The molecule has 6 heteroatoms. The van der Waals surface area contributed by atoms with Crippen molar-refractivity contribution in [3.63, 3.8) is 0 Å². The first-order chi connectivity index (χ1) is 31.0. The molecule has 0 aromatic heterocycles. The number of hydrogen-bond acceptors (Lipinski definition) is 5. The van der Waals surface area contributed by atoms with Gasteiger partial charge < -0.3 is 20.3 Å². The van der Waals surface area contributed by atoms with Gasteiger partial charge in [-0.3, -0.25) is 9.59 Å². The number of carbonyl (C=O) groups is 2. The highest BCUT2D eigenvalue weighted by Crippen LogP contribution is 2.18. The molecule has 0 saturated heterocycles. The van der Waals surface area contributed by atoms with Crippen LogP contribution in [0.4, 0.5) is 0 Å². The molecule has 1 amide bonds. The summed E-state index contributed by atoms with van der Waals surface area (Å²) in [5, 5.41) is 23.1. The summed E-state index contributed by atoms with van der Waals surface area (Å²) in [4.78, 5) is 24.5. The topological polar surface area (TPSA) is 95.9 Å². The molecule has 0 aliphatic heterocycles. The second-order valence-electron chi connectivity index (χ2n) is 20.0. The van der Waals surface area contributed by atoms with Gasteiger partial charge in [0.2, 0.25) is 5.91 Å². The molecule has 0 saturated carbocycles. The van der Waals surface area contributed by atoms with Gasteiger partial charge in [-0.2, -0.15) is 0 Å². The van der Waals surface area contributed by atoms with E-state index in [1.54, 1.807) is 0 Å². The second-order valence-corrected chi connectivity index (χ2v) is 20.0. The number of rotatable bonds is 54. The molecular weight excluding hydrogens is 779 g/mol. The summed E-state index contributed by atoms with van der Waals surface area (Å²) >= 11 is 0. The summed E-state index contributed by atoms with van der Waals surface area (Å²) in [6.45, 7) is 4.95. The number of ether oxygens (including phenoxy) is 1. The largest absolute Gasteiger partial charge is 0.466 e. The lowest BCUT2D eigenvalue weighted by Crippen LogP contribution is -2.45. The lowest BCUT2D eigenvalue weighted by atomic mass is 10.0. The molecule has 0 spiro atoms. The minimum absolute atomic E-state index is 0.0160. The Labute approximate surface area is 394 Å². The minimum Gasteiger partial charge on any atom is -0.466 e. The van der Waals surface area contributed by atoms with E-state index in [-0.39, 0.29) is 18.5 Å². The molecule has 0 radical (unpaired) electrons. The SMILES string of the molecule is CCCCCCCCCCCCCCCCCCC(=O)OCCCCCCCCCCCCCCCCCCCCCCCC(=O)NC(CO)C(O)CCCCCCCCCCC. The van der Waals surface area contributed by atoms with Crippen LogP contribution in [0.3, 0.4) is 0 Å². The molecular formula is C57H113NO5. The molecule has 0 aliphatic rings. The van der Waals surface area contributed by atoms with Gasteiger partial charge in [0.05, 0.1) is 25.4 Å². The Kier molecular flexibility index (Phi) is 52.5. The standard InChI is InChI=1S/C57H113NO5/c1-3-5-7-9-11-13-14-15-16-25-28-31-35-39-43-47-51-57(62)63-52-48-44-40-36-32-29-26-23-21-19-17-18-20-22-24-27-30-34-38-42-46-50-56(61)58-54(53-59)55(60)49-45-41-37-33-12-10-8-6-4-2/h54-55,59-60H,3-53H2,1-2H3,(H,58,61). The number of aliphatic hydroxyl groups excluding tert-OH is 2. The molecule has 0 aliphatic carbocycles. The second kappa shape index (κ2) is 53.5. The molecule has 3 N–H and O–H groups in total. The third-order valence-corrected chi connectivity index (χ3v) is 13.7. The predicted octanol–water partition coefficient (Wildman–Crippen LogP) is 17.5. The van der Waals surface area contributed by atoms with Crippen LogP contribution in [0.25, 0.3) is 0 Å². The lowest BCUT2D eigenvalue weighted by Gasteiger charge is -2.22. The maximum atomic E-state index is 12.4. The van der Waals surface area contributed by atoms with E-state index >= 15 is 0 Å². The van der Waals surface area contributed by atoms with Gasteiger partial charge in [-0.25, -0.2) is 0 Å². The average Bonchev–Trinajstić information content (AvgIpc) is 3.28. The normalized spacial score (nSPS) is 12.5. The van der Waals surface area contributed by atoms with Crippen molar-refractivity contribution >= 4 is 11.9 Å². The molecule has 6 nitrogen and oxygen atoms in total. The summed E-state index contributed by atoms with van der Waals surface area (Å²) in [7, 11) is 0.